The third-order valence-corrected chi connectivity index (χ3v) is 7.43. The molecule has 1 aromatic carbocycles. The van der Waals surface area contributed by atoms with Crippen molar-refractivity contribution in [3.05, 3.63) is 35.9 Å². The van der Waals surface area contributed by atoms with E-state index in [1.807, 2.05) is 44.2 Å². The average molecular weight is 449 g/mol. The fourth-order valence-electron chi connectivity index (χ4n) is 4.03. The zero-order valence-corrected chi connectivity index (χ0v) is 20.3. The minimum atomic E-state index is -1.53. The van der Waals surface area contributed by atoms with Crippen LogP contribution in [0.5, 0.6) is 0 Å². The van der Waals surface area contributed by atoms with Gasteiger partial charge in [0.15, 0.2) is 0 Å². The number of rotatable bonds is 5. The minimum Gasteiger partial charge on any atom is -0.458 e. The van der Waals surface area contributed by atoms with Crippen LogP contribution in [0.2, 0.25) is 0 Å². The molecule has 2 fully saturated rings. The molecule has 31 heavy (non-hydrogen) atoms. The summed E-state index contributed by atoms with van der Waals surface area (Å²) in [6, 6.07) is 8.60. The SMILES string of the molecule is COC1(NC(=O)C(C)(C)c2ccccc2)C(=O)N2[C@@H](C(=O)OC(C)(C)C)C(C)(C)S[C@@H]21. The molecule has 0 aliphatic carbocycles. The summed E-state index contributed by atoms with van der Waals surface area (Å²) < 4.78 is 10.6. The standard InChI is InChI=1S/C23H32N2O5S/c1-20(2,3)30-16(26)15-22(6,7)31-19-23(29-8,18(28)25(15)19)24-17(27)21(4,5)14-12-10-9-11-13-14/h9-13,15,19H,1-8H3,(H,24,27)/t15-,19+,23?/m0/s1. The lowest BCUT2D eigenvalue weighted by Crippen LogP contribution is -2.81. The van der Waals surface area contributed by atoms with E-state index in [0.29, 0.717) is 0 Å². The van der Waals surface area contributed by atoms with Gasteiger partial charge in [-0.05, 0) is 54.0 Å². The molecule has 0 saturated carbocycles. The van der Waals surface area contributed by atoms with Gasteiger partial charge < -0.3 is 19.7 Å². The molecule has 0 bridgehead atoms. The lowest BCUT2D eigenvalue weighted by Gasteiger charge is -2.52. The van der Waals surface area contributed by atoms with Crippen molar-refractivity contribution in [1.29, 1.82) is 0 Å². The molecular weight excluding hydrogens is 416 g/mol. The van der Waals surface area contributed by atoms with Crippen molar-refractivity contribution < 1.29 is 23.9 Å². The topological polar surface area (TPSA) is 84.9 Å². The quantitative estimate of drug-likeness (QED) is 0.424. The van der Waals surface area contributed by atoms with Gasteiger partial charge in [-0.1, -0.05) is 30.3 Å². The number of carbonyl (C=O) groups is 3. The van der Waals surface area contributed by atoms with E-state index in [9.17, 15) is 14.4 Å². The molecule has 2 aliphatic rings. The van der Waals surface area contributed by atoms with E-state index in [1.165, 1.54) is 23.8 Å². The number of hydrogen-bond acceptors (Lipinski definition) is 6. The van der Waals surface area contributed by atoms with Crippen LogP contribution in [0.25, 0.3) is 0 Å². The predicted octanol–water partition coefficient (Wildman–Crippen LogP) is 2.83. The number of fused-ring (bicyclic) bond motifs is 1. The molecule has 1 aromatic rings. The van der Waals surface area contributed by atoms with E-state index in [2.05, 4.69) is 5.32 Å². The Bertz CT molecular complexity index is 893. The van der Waals surface area contributed by atoms with E-state index in [0.717, 1.165) is 5.56 Å². The summed E-state index contributed by atoms with van der Waals surface area (Å²) >= 11 is 1.43. The monoisotopic (exact) mass is 448 g/mol. The van der Waals surface area contributed by atoms with Crippen molar-refractivity contribution in [3.63, 3.8) is 0 Å². The van der Waals surface area contributed by atoms with Gasteiger partial charge >= 0.3 is 5.97 Å². The molecule has 3 atom stereocenters. The lowest BCUT2D eigenvalue weighted by molar-refractivity contribution is -0.204. The molecule has 170 valence electrons. The third-order valence-electron chi connectivity index (χ3n) is 5.82. The maximum Gasteiger partial charge on any atom is 0.330 e. The Morgan fingerprint density at radius 2 is 1.68 bits per heavy atom. The molecule has 3 rings (SSSR count). The number of hydrogen-bond donors (Lipinski definition) is 1. The largest absolute Gasteiger partial charge is 0.458 e. The molecular formula is C23H32N2O5S. The van der Waals surface area contributed by atoms with Crippen molar-refractivity contribution in [2.45, 2.75) is 81.4 Å². The molecule has 2 amide bonds. The second-order valence-electron chi connectivity index (χ2n) is 10.1. The zero-order valence-electron chi connectivity index (χ0n) is 19.4. The maximum atomic E-state index is 13.3. The van der Waals surface area contributed by atoms with Gasteiger partial charge in [-0.2, -0.15) is 0 Å². The highest BCUT2D eigenvalue weighted by Crippen LogP contribution is 2.55. The van der Waals surface area contributed by atoms with Crippen LogP contribution in [-0.4, -0.2) is 57.3 Å². The average Bonchev–Trinajstić information content (AvgIpc) is 2.94. The fraction of sp³-hybridized carbons (Fsp3) is 0.609. The Hall–Kier alpha value is -2.06. The van der Waals surface area contributed by atoms with Crippen LogP contribution in [0.4, 0.5) is 0 Å². The number of β-lactam (4-membered cyclic amide) rings is 1. The first kappa shape index (κ1) is 23.6. The molecule has 2 saturated heterocycles. The Kier molecular flexibility index (Phi) is 5.72. The first-order valence-corrected chi connectivity index (χ1v) is 11.2. The van der Waals surface area contributed by atoms with Gasteiger partial charge in [0, 0.05) is 11.9 Å². The second-order valence-corrected chi connectivity index (χ2v) is 11.8. The molecule has 0 radical (unpaired) electrons. The summed E-state index contributed by atoms with van der Waals surface area (Å²) in [4.78, 5) is 41.0. The molecule has 2 heterocycles. The number of esters is 1. The van der Waals surface area contributed by atoms with Crippen LogP contribution in [0, 0.1) is 0 Å². The minimum absolute atomic E-state index is 0.326. The highest BCUT2D eigenvalue weighted by Gasteiger charge is 2.73. The van der Waals surface area contributed by atoms with Crippen LogP contribution in [0.1, 0.15) is 54.0 Å². The zero-order chi connectivity index (χ0) is 23.4. The van der Waals surface area contributed by atoms with Crippen molar-refractivity contribution in [2.75, 3.05) is 7.11 Å². The lowest BCUT2D eigenvalue weighted by atomic mass is 9.82. The van der Waals surface area contributed by atoms with Crippen LogP contribution < -0.4 is 5.32 Å². The van der Waals surface area contributed by atoms with Gasteiger partial charge in [-0.25, -0.2) is 4.79 Å². The van der Waals surface area contributed by atoms with Crippen LogP contribution in [0.3, 0.4) is 0 Å². The maximum absolute atomic E-state index is 13.3. The summed E-state index contributed by atoms with van der Waals surface area (Å²) in [5, 5.41) is 2.33. The van der Waals surface area contributed by atoms with Crippen molar-refractivity contribution in [3.8, 4) is 0 Å². The van der Waals surface area contributed by atoms with Crippen LogP contribution in [-0.2, 0) is 29.3 Å². The van der Waals surface area contributed by atoms with E-state index in [4.69, 9.17) is 9.47 Å². The number of ether oxygens (including phenoxy) is 2. The van der Waals surface area contributed by atoms with Gasteiger partial charge in [-0.3, -0.25) is 9.59 Å². The molecule has 1 N–H and O–H groups in total. The number of nitrogens with zero attached hydrogens (tertiary/aromatic N) is 1. The number of methoxy groups -OCH3 is 1. The number of amides is 2. The van der Waals surface area contributed by atoms with E-state index >= 15 is 0 Å². The van der Waals surface area contributed by atoms with Gasteiger partial charge in [-0.15, -0.1) is 11.8 Å². The van der Waals surface area contributed by atoms with Crippen LogP contribution in [0.15, 0.2) is 30.3 Å². The number of carbonyl (C=O) groups excluding carboxylic acids is 3. The summed E-state index contributed by atoms with van der Waals surface area (Å²) in [7, 11) is 1.40. The van der Waals surface area contributed by atoms with E-state index in [-0.39, 0.29) is 5.91 Å². The van der Waals surface area contributed by atoms with Gasteiger partial charge in [0.05, 0.1) is 5.41 Å². The Balaban J connectivity index is 1.87. The third kappa shape index (κ3) is 3.84. The molecule has 2 aliphatic heterocycles. The van der Waals surface area contributed by atoms with Crippen LogP contribution >= 0.6 is 11.8 Å². The van der Waals surface area contributed by atoms with Gasteiger partial charge in [0.1, 0.15) is 17.0 Å². The Morgan fingerprint density at radius 1 is 1.10 bits per heavy atom. The molecule has 8 heteroatoms. The van der Waals surface area contributed by atoms with E-state index in [1.54, 1.807) is 34.6 Å². The molecule has 7 nitrogen and oxygen atoms in total. The molecule has 0 aromatic heterocycles. The summed E-state index contributed by atoms with van der Waals surface area (Å²) in [5.74, 6) is -1.22. The van der Waals surface area contributed by atoms with Crippen molar-refractivity contribution >= 4 is 29.5 Å². The highest BCUT2D eigenvalue weighted by molar-refractivity contribution is 8.01. The molecule has 0 spiro atoms. The summed E-state index contributed by atoms with van der Waals surface area (Å²) in [6.45, 7) is 12.8. The normalized spacial score (nSPS) is 27.4. The first-order valence-electron chi connectivity index (χ1n) is 10.3. The highest BCUT2D eigenvalue weighted by atomic mass is 32.2. The Morgan fingerprint density at radius 3 is 2.19 bits per heavy atom. The molecule has 1 unspecified atom stereocenters. The van der Waals surface area contributed by atoms with Crippen molar-refractivity contribution in [2.24, 2.45) is 0 Å². The summed E-state index contributed by atoms with van der Waals surface area (Å²) in [6.07, 6.45) is 0. The first-order chi connectivity index (χ1) is 14.2. The Labute approximate surface area is 188 Å². The summed E-state index contributed by atoms with van der Waals surface area (Å²) in [5.41, 5.74) is -2.25. The van der Waals surface area contributed by atoms with Gasteiger partial charge in [0.25, 0.3) is 11.6 Å². The predicted molar refractivity (Wildman–Crippen MR) is 119 cm³/mol. The number of benzene rings is 1. The fourth-order valence-corrected chi connectivity index (χ4v) is 5.70. The number of thioether (sulfide) groups is 1. The smallest absolute Gasteiger partial charge is 0.330 e. The number of nitrogens with one attached hydrogen (secondary N) is 1. The second kappa shape index (κ2) is 7.52. The van der Waals surface area contributed by atoms with Crippen molar-refractivity contribution in [1.82, 2.24) is 10.2 Å². The van der Waals surface area contributed by atoms with Gasteiger partial charge in [0.2, 0.25) is 5.91 Å². The van der Waals surface area contributed by atoms with E-state index < -0.39 is 44.8 Å².